The number of methoxy groups -OCH3 is 1. The van der Waals surface area contributed by atoms with Crippen molar-refractivity contribution in [1.29, 1.82) is 0 Å². The maximum atomic E-state index is 11.8. The van der Waals surface area contributed by atoms with Crippen molar-refractivity contribution in [3.8, 4) is 5.75 Å². The molecule has 0 bridgehead atoms. The minimum Gasteiger partial charge on any atom is -0.497 e. The molecule has 0 fully saturated rings. The highest BCUT2D eigenvalue weighted by Crippen LogP contribution is 2.12. The molecule has 0 spiro atoms. The lowest BCUT2D eigenvalue weighted by Crippen LogP contribution is -2.35. The van der Waals surface area contributed by atoms with Crippen LogP contribution in [0.3, 0.4) is 0 Å². The molecule has 8 heteroatoms. The summed E-state index contributed by atoms with van der Waals surface area (Å²) in [6, 6.07) is 14.2. The lowest BCUT2D eigenvalue weighted by molar-refractivity contribution is -0.120. The molecule has 0 aromatic heterocycles. The highest BCUT2D eigenvalue weighted by atomic mass is 32.2. The number of amides is 1. The van der Waals surface area contributed by atoms with Gasteiger partial charge in [-0.3, -0.25) is 4.79 Å². The second-order valence-corrected chi connectivity index (χ2v) is 7.63. The Morgan fingerprint density at radius 1 is 1.04 bits per heavy atom. The van der Waals surface area contributed by atoms with E-state index in [-0.39, 0.29) is 17.3 Å². The van der Waals surface area contributed by atoms with Gasteiger partial charge in [-0.15, -0.1) is 0 Å². The smallest absolute Gasteiger partial charge is 0.238 e. The van der Waals surface area contributed by atoms with Crippen molar-refractivity contribution < 1.29 is 17.9 Å². The number of hydrogen-bond acceptors (Lipinski definition) is 5. The molecular formula is C19H25N3O4S. The van der Waals surface area contributed by atoms with Crippen LogP contribution in [0.2, 0.25) is 0 Å². The van der Waals surface area contributed by atoms with E-state index in [0.29, 0.717) is 19.5 Å². The molecule has 0 saturated carbocycles. The molecule has 2 rings (SSSR count). The van der Waals surface area contributed by atoms with E-state index in [1.807, 2.05) is 24.3 Å². The van der Waals surface area contributed by atoms with Crippen LogP contribution >= 0.6 is 0 Å². The molecule has 27 heavy (non-hydrogen) atoms. The van der Waals surface area contributed by atoms with Gasteiger partial charge >= 0.3 is 0 Å². The summed E-state index contributed by atoms with van der Waals surface area (Å²) in [6.07, 6.45) is 1.42. The molecule has 146 valence electrons. The third-order valence-electron chi connectivity index (χ3n) is 4.00. The molecule has 0 aliphatic rings. The van der Waals surface area contributed by atoms with Crippen LogP contribution in [0.1, 0.15) is 11.1 Å². The number of carbonyl (C=O) groups is 1. The number of nitrogens with one attached hydrogen (secondary N) is 2. The fourth-order valence-corrected chi connectivity index (χ4v) is 3.03. The summed E-state index contributed by atoms with van der Waals surface area (Å²) in [7, 11) is -2.04. The van der Waals surface area contributed by atoms with Crippen LogP contribution < -0.4 is 20.5 Å². The standard InChI is InChI=1S/C19H25N3O4S/c1-26-17-4-2-3-16(13-17)10-12-22-19(23)14-21-11-9-15-5-7-18(8-6-15)27(20,24)25/h2-8,13,21H,9-12,14H2,1H3,(H,22,23)(H2,20,24,25). The van der Waals surface area contributed by atoms with Crippen molar-refractivity contribution >= 4 is 15.9 Å². The van der Waals surface area contributed by atoms with E-state index < -0.39 is 10.0 Å². The van der Waals surface area contributed by atoms with E-state index in [4.69, 9.17) is 9.88 Å². The Labute approximate surface area is 160 Å². The predicted molar refractivity (Wildman–Crippen MR) is 104 cm³/mol. The first-order valence-corrected chi connectivity index (χ1v) is 10.2. The molecular weight excluding hydrogens is 366 g/mol. The van der Waals surface area contributed by atoms with Crippen LogP contribution in [0, 0.1) is 0 Å². The third kappa shape index (κ3) is 7.38. The molecule has 0 saturated heterocycles. The number of primary sulfonamides is 1. The molecule has 1 amide bonds. The van der Waals surface area contributed by atoms with Gasteiger partial charge in [0, 0.05) is 6.54 Å². The van der Waals surface area contributed by atoms with E-state index in [1.165, 1.54) is 12.1 Å². The Kier molecular flexibility index (Phi) is 7.78. The Bertz CT molecular complexity index is 852. The summed E-state index contributed by atoms with van der Waals surface area (Å²) in [6.45, 7) is 1.40. The monoisotopic (exact) mass is 391 g/mol. The van der Waals surface area contributed by atoms with Gasteiger partial charge in [-0.05, 0) is 54.8 Å². The molecule has 2 aromatic carbocycles. The van der Waals surface area contributed by atoms with Gasteiger partial charge in [-0.1, -0.05) is 24.3 Å². The highest BCUT2D eigenvalue weighted by molar-refractivity contribution is 7.89. The van der Waals surface area contributed by atoms with Crippen molar-refractivity contribution in [1.82, 2.24) is 10.6 Å². The SMILES string of the molecule is COc1cccc(CCNC(=O)CNCCc2ccc(S(N)(=O)=O)cc2)c1. The van der Waals surface area contributed by atoms with Gasteiger partial charge in [0.15, 0.2) is 0 Å². The Hall–Kier alpha value is -2.42. The van der Waals surface area contributed by atoms with Gasteiger partial charge in [-0.25, -0.2) is 13.6 Å². The van der Waals surface area contributed by atoms with Crippen molar-refractivity contribution in [3.63, 3.8) is 0 Å². The lowest BCUT2D eigenvalue weighted by atomic mass is 10.1. The van der Waals surface area contributed by atoms with Crippen molar-refractivity contribution in [2.24, 2.45) is 5.14 Å². The molecule has 4 N–H and O–H groups in total. The fourth-order valence-electron chi connectivity index (χ4n) is 2.52. The Morgan fingerprint density at radius 2 is 1.74 bits per heavy atom. The summed E-state index contributed by atoms with van der Waals surface area (Å²) in [4.78, 5) is 11.9. The molecule has 2 aromatic rings. The number of hydrogen-bond donors (Lipinski definition) is 3. The van der Waals surface area contributed by atoms with Crippen LogP contribution in [-0.4, -0.2) is 41.1 Å². The average Bonchev–Trinajstić information content (AvgIpc) is 2.65. The van der Waals surface area contributed by atoms with Crippen LogP contribution in [0.5, 0.6) is 5.75 Å². The first-order valence-electron chi connectivity index (χ1n) is 8.60. The minimum absolute atomic E-state index is 0.0672. The third-order valence-corrected chi connectivity index (χ3v) is 4.93. The zero-order chi connectivity index (χ0) is 19.7. The predicted octanol–water partition coefficient (Wildman–Crippen LogP) is 0.834. The normalized spacial score (nSPS) is 11.2. The van der Waals surface area contributed by atoms with Crippen molar-refractivity contribution in [2.45, 2.75) is 17.7 Å². The van der Waals surface area contributed by atoms with Crippen LogP contribution in [-0.2, 0) is 27.7 Å². The van der Waals surface area contributed by atoms with Gasteiger partial charge in [0.1, 0.15) is 5.75 Å². The van der Waals surface area contributed by atoms with E-state index in [1.54, 1.807) is 19.2 Å². The van der Waals surface area contributed by atoms with E-state index in [9.17, 15) is 13.2 Å². The molecule has 0 atom stereocenters. The van der Waals surface area contributed by atoms with Crippen LogP contribution in [0.4, 0.5) is 0 Å². The first-order chi connectivity index (χ1) is 12.9. The van der Waals surface area contributed by atoms with E-state index in [2.05, 4.69) is 10.6 Å². The lowest BCUT2D eigenvalue weighted by Gasteiger charge is -2.08. The zero-order valence-corrected chi connectivity index (χ0v) is 16.1. The van der Waals surface area contributed by atoms with Gasteiger partial charge in [0.2, 0.25) is 15.9 Å². The highest BCUT2D eigenvalue weighted by Gasteiger charge is 2.06. The van der Waals surface area contributed by atoms with E-state index in [0.717, 1.165) is 23.3 Å². The second kappa shape index (κ2) is 10.1. The van der Waals surface area contributed by atoms with Crippen LogP contribution in [0.25, 0.3) is 0 Å². The number of carbonyl (C=O) groups excluding carboxylic acids is 1. The Balaban J connectivity index is 1.63. The van der Waals surface area contributed by atoms with E-state index >= 15 is 0 Å². The number of benzene rings is 2. The summed E-state index contributed by atoms with van der Waals surface area (Å²) >= 11 is 0. The second-order valence-electron chi connectivity index (χ2n) is 6.07. The number of ether oxygens (including phenoxy) is 1. The Morgan fingerprint density at radius 3 is 2.41 bits per heavy atom. The summed E-state index contributed by atoms with van der Waals surface area (Å²) in [5, 5.41) is 11.0. The van der Waals surface area contributed by atoms with Gasteiger partial charge < -0.3 is 15.4 Å². The van der Waals surface area contributed by atoms with Gasteiger partial charge in [0.05, 0.1) is 18.6 Å². The fraction of sp³-hybridized carbons (Fsp3) is 0.316. The number of sulfonamides is 1. The largest absolute Gasteiger partial charge is 0.497 e. The zero-order valence-electron chi connectivity index (χ0n) is 15.3. The molecule has 0 radical (unpaired) electrons. The summed E-state index contributed by atoms with van der Waals surface area (Å²) in [5.41, 5.74) is 2.07. The molecule has 0 heterocycles. The van der Waals surface area contributed by atoms with Crippen molar-refractivity contribution in [2.75, 3.05) is 26.7 Å². The van der Waals surface area contributed by atoms with Gasteiger partial charge in [-0.2, -0.15) is 0 Å². The average molecular weight is 391 g/mol. The summed E-state index contributed by atoms with van der Waals surface area (Å²) < 4.78 is 27.6. The maximum absolute atomic E-state index is 11.8. The quantitative estimate of drug-likeness (QED) is 0.520. The topological polar surface area (TPSA) is 111 Å². The first kappa shape index (κ1) is 20.9. The number of nitrogens with two attached hydrogens (primary N) is 1. The molecule has 0 aliphatic carbocycles. The molecule has 0 aliphatic heterocycles. The van der Waals surface area contributed by atoms with Crippen LogP contribution in [0.15, 0.2) is 53.4 Å². The van der Waals surface area contributed by atoms with Crippen molar-refractivity contribution in [3.05, 3.63) is 59.7 Å². The summed E-state index contributed by atoms with van der Waals surface area (Å²) in [5.74, 6) is 0.736. The minimum atomic E-state index is -3.66. The number of rotatable bonds is 10. The van der Waals surface area contributed by atoms with Gasteiger partial charge in [0.25, 0.3) is 0 Å². The molecule has 0 unspecified atom stereocenters. The molecule has 7 nitrogen and oxygen atoms in total. The maximum Gasteiger partial charge on any atom is 0.238 e.